The zero-order chi connectivity index (χ0) is 15.5. The molecule has 0 aliphatic carbocycles. The number of aromatic nitrogens is 2. The van der Waals surface area contributed by atoms with Crippen molar-refractivity contribution < 1.29 is 23.9 Å². The van der Waals surface area contributed by atoms with Gasteiger partial charge in [-0.3, -0.25) is 4.79 Å². The summed E-state index contributed by atoms with van der Waals surface area (Å²) < 4.78 is 17.0. The number of rotatable bonds is 5. The lowest BCUT2D eigenvalue weighted by Crippen LogP contribution is -2.11. The lowest BCUT2D eigenvalue weighted by atomic mass is 10.3. The van der Waals surface area contributed by atoms with E-state index in [4.69, 9.17) is 14.2 Å². The molecule has 1 aromatic heterocycles. The maximum absolute atomic E-state index is 11.8. The van der Waals surface area contributed by atoms with Gasteiger partial charge in [-0.2, -0.15) is 0 Å². The van der Waals surface area contributed by atoms with Crippen molar-refractivity contribution in [2.24, 2.45) is 0 Å². The second-order valence-electron chi connectivity index (χ2n) is 4.47. The smallest absolute Gasteiger partial charge is 0.381 e. The van der Waals surface area contributed by atoms with Gasteiger partial charge in [-0.25, -0.2) is 0 Å². The molecule has 0 atom stereocenters. The fourth-order valence-electron chi connectivity index (χ4n) is 1.91. The van der Waals surface area contributed by atoms with Crippen molar-refractivity contribution in [3.05, 3.63) is 40.8 Å². The highest BCUT2D eigenvalue weighted by molar-refractivity contribution is 5.72. The number of nitrogens with zero attached hydrogens (tertiary/aromatic N) is 3. The Balaban J connectivity index is 1.55. The Morgan fingerprint density at radius 3 is 3.00 bits per heavy atom. The quantitative estimate of drug-likeness (QED) is 0.357. The number of hydrogen-bond donors (Lipinski definition) is 0. The van der Waals surface area contributed by atoms with Crippen LogP contribution in [0.5, 0.6) is 17.2 Å². The van der Waals surface area contributed by atoms with E-state index in [9.17, 15) is 14.9 Å². The Labute approximate surface area is 124 Å². The van der Waals surface area contributed by atoms with Crippen LogP contribution in [0.1, 0.15) is 6.42 Å². The molecule has 0 N–H and O–H groups in total. The summed E-state index contributed by atoms with van der Waals surface area (Å²) in [6.45, 7) is 0.385. The molecule has 22 heavy (non-hydrogen) atoms. The minimum absolute atomic E-state index is 0.0575. The maximum Gasteiger partial charge on any atom is 0.381 e. The van der Waals surface area contributed by atoms with Crippen LogP contribution in [0.25, 0.3) is 0 Å². The van der Waals surface area contributed by atoms with Crippen molar-refractivity contribution in [1.29, 1.82) is 0 Å². The van der Waals surface area contributed by atoms with Crippen LogP contribution in [0.2, 0.25) is 0 Å². The fourth-order valence-corrected chi connectivity index (χ4v) is 1.91. The SMILES string of the molecule is O=C(CCn1cnc([N+](=O)[O-])c1)Oc1ccc2c(c1)OCO2. The minimum atomic E-state index is -0.596. The second kappa shape index (κ2) is 5.72. The summed E-state index contributed by atoms with van der Waals surface area (Å²) in [5, 5.41) is 10.5. The molecule has 2 aromatic rings. The second-order valence-corrected chi connectivity index (χ2v) is 4.47. The largest absolute Gasteiger partial charge is 0.454 e. The number of carbonyl (C=O) groups excluding carboxylic acids is 1. The van der Waals surface area contributed by atoms with Gasteiger partial charge >= 0.3 is 11.8 Å². The van der Waals surface area contributed by atoms with Gasteiger partial charge in [0, 0.05) is 12.6 Å². The average molecular weight is 305 g/mol. The van der Waals surface area contributed by atoms with Gasteiger partial charge < -0.3 is 28.9 Å². The van der Waals surface area contributed by atoms with Gasteiger partial charge in [-0.05, 0) is 22.0 Å². The van der Waals surface area contributed by atoms with Crippen molar-refractivity contribution in [3.63, 3.8) is 0 Å². The first kappa shape index (κ1) is 13.9. The van der Waals surface area contributed by atoms with Crippen molar-refractivity contribution in [2.45, 2.75) is 13.0 Å². The van der Waals surface area contributed by atoms with Crippen LogP contribution in [0, 0.1) is 10.1 Å². The molecular weight excluding hydrogens is 294 g/mol. The van der Waals surface area contributed by atoms with E-state index >= 15 is 0 Å². The summed E-state index contributed by atoms with van der Waals surface area (Å²) in [5.41, 5.74) is 0. The van der Waals surface area contributed by atoms with Gasteiger partial charge in [0.2, 0.25) is 13.1 Å². The molecule has 2 heterocycles. The Morgan fingerprint density at radius 1 is 1.41 bits per heavy atom. The predicted octanol–water partition coefficient (Wildman–Crippen LogP) is 1.52. The van der Waals surface area contributed by atoms with Crippen molar-refractivity contribution >= 4 is 11.8 Å². The first-order valence-corrected chi connectivity index (χ1v) is 6.38. The van der Waals surface area contributed by atoms with E-state index in [0.29, 0.717) is 17.2 Å². The number of ether oxygens (including phenoxy) is 3. The summed E-state index contributed by atoms with van der Waals surface area (Å²) in [4.78, 5) is 25.3. The van der Waals surface area contributed by atoms with Crippen molar-refractivity contribution in [3.8, 4) is 17.2 Å². The Hall–Kier alpha value is -3.10. The van der Waals surface area contributed by atoms with Gasteiger partial charge in [0.1, 0.15) is 11.9 Å². The highest BCUT2D eigenvalue weighted by Gasteiger charge is 2.16. The zero-order valence-corrected chi connectivity index (χ0v) is 11.3. The monoisotopic (exact) mass is 305 g/mol. The average Bonchev–Trinajstić information content (AvgIpc) is 3.13. The molecule has 0 bridgehead atoms. The molecule has 0 radical (unpaired) electrons. The lowest BCUT2D eigenvalue weighted by molar-refractivity contribution is -0.389. The third-order valence-electron chi connectivity index (χ3n) is 2.96. The normalized spacial score (nSPS) is 12.2. The Kier molecular flexibility index (Phi) is 3.60. The van der Waals surface area contributed by atoms with Crippen LogP contribution in [0.4, 0.5) is 5.82 Å². The highest BCUT2D eigenvalue weighted by atomic mass is 16.7. The molecule has 1 aliphatic rings. The van der Waals surface area contributed by atoms with E-state index in [1.165, 1.54) is 17.1 Å². The molecule has 0 saturated heterocycles. The number of fused-ring (bicyclic) bond motifs is 1. The van der Waals surface area contributed by atoms with Crippen LogP contribution >= 0.6 is 0 Å². The first-order valence-electron chi connectivity index (χ1n) is 6.38. The Bertz CT molecular complexity index is 726. The lowest BCUT2D eigenvalue weighted by Gasteiger charge is -2.05. The third-order valence-corrected chi connectivity index (χ3v) is 2.96. The summed E-state index contributed by atoms with van der Waals surface area (Å²) >= 11 is 0. The van der Waals surface area contributed by atoms with Gasteiger partial charge in [-0.1, -0.05) is 0 Å². The standard InChI is InChI=1S/C13H11N3O6/c17-13(3-4-15-6-12(14-7-15)16(18)19)22-9-1-2-10-11(5-9)21-8-20-10/h1-2,5-7H,3-4,8H2. The van der Waals surface area contributed by atoms with Crippen LogP contribution in [0.15, 0.2) is 30.7 Å². The Morgan fingerprint density at radius 2 is 2.23 bits per heavy atom. The van der Waals surface area contributed by atoms with E-state index in [0.717, 1.165) is 0 Å². The molecule has 0 amide bonds. The number of benzene rings is 1. The van der Waals surface area contributed by atoms with E-state index in [2.05, 4.69) is 4.98 Å². The van der Waals surface area contributed by atoms with Crippen LogP contribution in [0.3, 0.4) is 0 Å². The number of nitro groups is 1. The molecule has 114 valence electrons. The number of aryl methyl sites for hydroxylation is 1. The zero-order valence-electron chi connectivity index (χ0n) is 11.3. The molecule has 0 unspecified atom stereocenters. The molecule has 0 spiro atoms. The molecular formula is C13H11N3O6. The molecule has 1 aliphatic heterocycles. The molecule has 0 saturated carbocycles. The predicted molar refractivity (Wildman–Crippen MR) is 71.7 cm³/mol. The van der Waals surface area contributed by atoms with E-state index in [1.807, 2.05) is 0 Å². The molecule has 9 nitrogen and oxygen atoms in total. The van der Waals surface area contributed by atoms with Crippen LogP contribution in [-0.2, 0) is 11.3 Å². The van der Waals surface area contributed by atoms with Crippen LogP contribution in [-0.4, -0.2) is 27.2 Å². The van der Waals surface area contributed by atoms with Crippen molar-refractivity contribution in [1.82, 2.24) is 9.55 Å². The molecule has 0 fully saturated rings. The number of esters is 1. The summed E-state index contributed by atoms with van der Waals surface area (Å²) in [6.07, 6.45) is 2.61. The molecule has 3 rings (SSSR count). The fraction of sp³-hybridized carbons (Fsp3) is 0.231. The third kappa shape index (κ3) is 2.97. The van der Waals surface area contributed by atoms with Crippen LogP contribution < -0.4 is 14.2 Å². The van der Waals surface area contributed by atoms with E-state index in [1.54, 1.807) is 18.2 Å². The van der Waals surface area contributed by atoms with Gasteiger partial charge in [0.05, 0.1) is 6.42 Å². The minimum Gasteiger partial charge on any atom is -0.454 e. The highest BCUT2D eigenvalue weighted by Crippen LogP contribution is 2.35. The number of imidazole rings is 1. The summed E-state index contributed by atoms with van der Waals surface area (Å²) in [7, 11) is 0. The van der Waals surface area contributed by atoms with E-state index < -0.39 is 10.9 Å². The maximum atomic E-state index is 11.8. The van der Waals surface area contributed by atoms with Gasteiger partial charge in [-0.15, -0.1) is 0 Å². The topological polar surface area (TPSA) is 106 Å². The van der Waals surface area contributed by atoms with Gasteiger partial charge in [0.25, 0.3) is 0 Å². The molecule has 1 aromatic carbocycles. The first-order chi connectivity index (χ1) is 10.6. The van der Waals surface area contributed by atoms with Gasteiger partial charge in [0.15, 0.2) is 11.5 Å². The van der Waals surface area contributed by atoms with E-state index in [-0.39, 0.29) is 25.6 Å². The van der Waals surface area contributed by atoms with Crippen molar-refractivity contribution in [2.75, 3.05) is 6.79 Å². The number of carbonyl (C=O) groups is 1. The summed E-state index contributed by atoms with van der Waals surface area (Å²) in [5.74, 6) is 0.756. The number of hydrogen-bond acceptors (Lipinski definition) is 7. The molecule has 9 heteroatoms. The summed E-state index contributed by atoms with van der Waals surface area (Å²) in [6, 6.07) is 4.83.